The van der Waals surface area contributed by atoms with E-state index in [4.69, 9.17) is 0 Å². The van der Waals surface area contributed by atoms with E-state index in [9.17, 15) is 18.0 Å². The molecule has 1 aromatic heterocycles. The highest BCUT2D eigenvalue weighted by Gasteiger charge is 2.12. The number of carbonyl (C=O) groups is 1. The standard InChI is InChI=1S/C15H13F3N2O2/c1-9(21)14-12(16)3-2-4-13(14)20-7-10-5-6-11(8-19-10)22-15(17)18/h2-6,8,15,20H,7H2,1H3. The summed E-state index contributed by atoms with van der Waals surface area (Å²) in [6, 6.07) is 7.12. The highest BCUT2D eigenvalue weighted by atomic mass is 19.3. The molecule has 2 aromatic rings. The molecule has 2 rings (SSSR count). The molecule has 0 aliphatic carbocycles. The quantitative estimate of drug-likeness (QED) is 0.828. The van der Waals surface area contributed by atoms with Gasteiger partial charge in [0.25, 0.3) is 0 Å². The first-order chi connectivity index (χ1) is 10.5. The molecule has 0 bridgehead atoms. The van der Waals surface area contributed by atoms with Crippen LogP contribution in [0.5, 0.6) is 5.75 Å². The summed E-state index contributed by atoms with van der Waals surface area (Å²) in [6.45, 7) is -1.42. The number of anilines is 1. The van der Waals surface area contributed by atoms with E-state index in [2.05, 4.69) is 15.0 Å². The zero-order chi connectivity index (χ0) is 16.1. The summed E-state index contributed by atoms with van der Waals surface area (Å²) in [5.74, 6) is -1.05. The maximum absolute atomic E-state index is 13.6. The van der Waals surface area contributed by atoms with Gasteiger partial charge < -0.3 is 10.1 Å². The molecule has 7 heteroatoms. The maximum Gasteiger partial charge on any atom is 0.387 e. The first kappa shape index (κ1) is 15.8. The molecule has 0 aliphatic heterocycles. The van der Waals surface area contributed by atoms with Gasteiger partial charge in [0.2, 0.25) is 0 Å². The Kier molecular flexibility index (Phi) is 4.98. The van der Waals surface area contributed by atoms with Crippen LogP contribution >= 0.6 is 0 Å². The van der Waals surface area contributed by atoms with Crippen molar-refractivity contribution in [1.82, 2.24) is 4.98 Å². The van der Waals surface area contributed by atoms with Crippen molar-refractivity contribution in [2.24, 2.45) is 0 Å². The van der Waals surface area contributed by atoms with Crippen molar-refractivity contribution in [3.63, 3.8) is 0 Å². The van der Waals surface area contributed by atoms with Crippen molar-refractivity contribution < 1.29 is 22.7 Å². The molecule has 1 heterocycles. The van der Waals surface area contributed by atoms with Crippen molar-refractivity contribution in [1.29, 1.82) is 0 Å². The second kappa shape index (κ2) is 6.93. The minimum absolute atomic E-state index is 0.0276. The fourth-order valence-corrected chi connectivity index (χ4v) is 1.90. The molecule has 1 aromatic carbocycles. The number of carbonyl (C=O) groups excluding carboxylic acids is 1. The van der Waals surface area contributed by atoms with Crippen LogP contribution in [-0.2, 0) is 6.54 Å². The lowest BCUT2D eigenvalue weighted by Gasteiger charge is -2.11. The summed E-state index contributed by atoms with van der Waals surface area (Å²) < 4.78 is 41.9. The Balaban J connectivity index is 2.07. The largest absolute Gasteiger partial charge is 0.433 e. The van der Waals surface area contributed by atoms with Crippen molar-refractivity contribution in [3.05, 3.63) is 53.6 Å². The molecule has 0 spiro atoms. The van der Waals surface area contributed by atoms with Crippen LogP contribution in [-0.4, -0.2) is 17.4 Å². The monoisotopic (exact) mass is 310 g/mol. The Morgan fingerprint density at radius 2 is 2.09 bits per heavy atom. The topological polar surface area (TPSA) is 51.2 Å². The number of nitrogens with one attached hydrogen (secondary N) is 1. The van der Waals surface area contributed by atoms with E-state index in [0.717, 1.165) is 0 Å². The molecule has 0 saturated heterocycles. The summed E-state index contributed by atoms with van der Waals surface area (Å²) in [7, 11) is 0. The van der Waals surface area contributed by atoms with E-state index in [-0.39, 0.29) is 17.9 Å². The Labute approximate surface area is 124 Å². The number of aromatic nitrogens is 1. The van der Waals surface area contributed by atoms with E-state index >= 15 is 0 Å². The molecule has 0 radical (unpaired) electrons. The molecule has 0 fully saturated rings. The summed E-state index contributed by atoms with van der Waals surface area (Å²) >= 11 is 0. The lowest BCUT2D eigenvalue weighted by atomic mass is 10.1. The van der Waals surface area contributed by atoms with Crippen LogP contribution in [0.25, 0.3) is 0 Å². The van der Waals surface area contributed by atoms with Gasteiger partial charge in [0.1, 0.15) is 11.6 Å². The van der Waals surface area contributed by atoms with Crippen LogP contribution in [0.4, 0.5) is 18.9 Å². The highest BCUT2D eigenvalue weighted by molar-refractivity contribution is 5.99. The second-order valence-corrected chi connectivity index (χ2v) is 4.44. The van der Waals surface area contributed by atoms with Crippen LogP contribution in [0, 0.1) is 5.82 Å². The SMILES string of the molecule is CC(=O)c1c(F)cccc1NCc1ccc(OC(F)F)cn1. The minimum Gasteiger partial charge on any atom is -0.433 e. The smallest absolute Gasteiger partial charge is 0.387 e. The number of benzene rings is 1. The molecule has 1 N–H and O–H groups in total. The Hall–Kier alpha value is -2.57. The van der Waals surface area contributed by atoms with Crippen LogP contribution in [0.1, 0.15) is 23.0 Å². The Bertz CT molecular complexity index is 660. The summed E-state index contributed by atoms with van der Waals surface area (Å²) in [5, 5.41) is 2.90. The fraction of sp³-hybridized carbons (Fsp3) is 0.200. The molecular weight excluding hydrogens is 297 g/mol. The predicted molar refractivity (Wildman–Crippen MR) is 74.6 cm³/mol. The number of Topliss-reactive ketones (excluding diaryl/α,β-unsaturated/α-hetero) is 1. The van der Waals surface area contributed by atoms with Crippen molar-refractivity contribution in [2.45, 2.75) is 20.1 Å². The van der Waals surface area contributed by atoms with Gasteiger partial charge in [-0.1, -0.05) is 6.07 Å². The van der Waals surface area contributed by atoms with Crippen molar-refractivity contribution in [3.8, 4) is 5.75 Å². The molecule has 0 amide bonds. The van der Waals surface area contributed by atoms with Crippen LogP contribution < -0.4 is 10.1 Å². The number of pyridine rings is 1. The highest BCUT2D eigenvalue weighted by Crippen LogP contribution is 2.20. The number of ether oxygens (including phenoxy) is 1. The van der Waals surface area contributed by atoms with Crippen molar-refractivity contribution >= 4 is 11.5 Å². The second-order valence-electron chi connectivity index (χ2n) is 4.44. The van der Waals surface area contributed by atoms with Gasteiger partial charge in [0.15, 0.2) is 5.78 Å². The molecule has 0 unspecified atom stereocenters. The zero-order valence-corrected chi connectivity index (χ0v) is 11.6. The predicted octanol–water partition coefficient (Wildman–Crippen LogP) is 3.64. The first-order valence-corrected chi connectivity index (χ1v) is 6.40. The van der Waals surface area contributed by atoms with E-state index in [1.807, 2.05) is 0 Å². The number of nitrogens with zero attached hydrogens (tertiary/aromatic N) is 1. The Morgan fingerprint density at radius 1 is 1.32 bits per heavy atom. The van der Waals surface area contributed by atoms with Gasteiger partial charge in [0, 0.05) is 5.69 Å². The number of alkyl halides is 2. The molecule has 0 aliphatic rings. The van der Waals surface area contributed by atoms with Crippen LogP contribution in [0.3, 0.4) is 0 Å². The average molecular weight is 310 g/mol. The van der Waals surface area contributed by atoms with Crippen molar-refractivity contribution in [2.75, 3.05) is 5.32 Å². The molecular formula is C15H13F3N2O2. The van der Waals surface area contributed by atoms with Gasteiger partial charge in [0.05, 0.1) is 24.0 Å². The van der Waals surface area contributed by atoms with E-state index in [0.29, 0.717) is 11.4 Å². The number of hydrogen-bond acceptors (Lipinski definition) is 4. The maximum atomic E-state index is 13.6. The van der Waals surface area contributed by atoms with Crippen LogP contribution in [0.15, 0.2) is 36.5 Å². The third-order valence-electron chi connectivity index (χ3n) is 2.85. The molecule has 0 saturated carbocycles. The normalized spacial score (nSPS) is 10.6. The van der Waals surface area contributed by atoms with E-state index in [1.54, 1.807) is 6.07 Å². The lowest BCUT2D eigenvalue weighted by Crippen LogP contribution is -2.08. The van der Waals surface area contributed by atoms with Gasteiger partial charge in [-0.2, -0.15) is 8.78 Å². The van der Waals surface area contributed by atoms with Gasteiger partial charge in [-0.15, -0.1) is 0 Å². The van der Waals surface area contributed by atoms with Gasteiger partial charge >= 0.3 is 6.61 Å². The summed E-state index contributed by atoms with van der Waals surface area (Å²) in [4.78, 5) is 15.4. The number of hydrogen-bond donors (Lipinski definition) is 1. The van der Waals surface area contributed by atoms with Crippen LogP contribution in [0.2, 0.25) is 0 Å². The molecule has 4 nitrogen and oxygen atoms in total. The zero-order valence-electron chi connectivity index (χ0n) is 11.6. The molecule has 22 heavy (non-hydrogen) atoms. The summed E-state index contributed by atoms with van der Waals surface area (Å²) in [5.41, 5.74) is 0.850. The number of ketones is 1. The average Bonchev–Trinajstić information content (AvgIpc) is 2.45. The van der Waals surface area contributed by atoms with Gasteiger partial charge in [-0.3, -0.25) is 9.78 Å². The van der Waals surface area contributed by atoms with E-state index < -0.39 is 18.2 Å². The van der Waals surface area contributed by atoms with Gasteiger partial charge in [-0.25, -0.2) is 4.39 Å². The minimum atomic E-state index is -2.91. The number of halogens is 3. The first-order valence-electron chi connectivity index (χ1n) is 6.40. The lowest BCUT2D eigenvalue weighted by molar-refractivity contribution is -0.0500. The number of rotatable bonds is 6. The third-order valence-corrected chi connectivity index (χ3v) is 2.85. The molecule has 0 atom stereocenters. The van der Waals surface area contributed by atoms with Gasteiger partial charge in [-0.05, 0) is 31.2 Å². The fourth-order valence-electron chi connectivity index (χ4n) is 1.90. The third kappa shape index (κ3) is 3.97. The Morgan fingerprint density at radius 3 is 2.68 bits per heavy atom. The summed E-state index contributed by atoms with van der Waals surface area (Å²) in [6.07, 6.45) is 1.17. The van der Waals surface area contributed by atoms with E-state index in [1.165, 1.54) is 37.4 Å². The molecule has 116 valence electrons.